The van der Waals surface area contributed by atoms with Gasteiger partial charge in [-0.05, 0) is 24.2 Å². The molecule has 0 radical (unpaired) electrons. The van der Waals surface area contributed by atoms with Crippen LogP contribution in [0.1, 0.15) is 48.2 Å². The average molecular weight is 352 g/mol. The molecule has 2 aromatic rings. The molecule has 2 aromatic carbocycles. The third kappa shape index (κ3) is 6.45. The largest absolute Gasteiger partial charge is 0.352 e. The predicted molar refractivity (Wildman–Crippen MR) is 105 cm³/mol. The molecule has 0 spiro atoms. The zero-order valence-electron chi connectivity index (χ0n) is 15.7. The van der Waals surface area contributed by atoms with Crippen molar-refractivity contribution in [2.45, 2.75) is 39.8 Å². The molecule has 0 heterocycles. The predicted octanol–water partition coefficient (Wildman–Crippen LogP) is 3.81. The van der Waals surface area contributed by atoms with E-state index in [-0.39, 0.29) is 24.5 Å². The lowest BCUT2D eigenvalue weighted by Gasteiger charge is -2.18. The maximum atomic E-state index is 12.0. The Balaban J connectivity index is 1.74. The van der Waals surface area contributed by atoms with Crippen LogP contribution in [-0.2, 0) is 17.9 Å². The Bertz CT molecular complexity index is 692. The molecule has 0 aliphatic rings. The normalized spacial score (nSPS) is 10.7. The van der Waals surface area contributed by atoms with Crippen LogP contribution in [-0.4, -0.2) is 29.7 Å². The maximum absolute atomic E-state index is 12.0. The van der Waals surface area contributed by atoms with E-state index >= 15 is 0 Å². The summed E-state index contributed by atoms with van der Waals surface area (Å²) in [4.78, 5) is 26.3. The smallest absolute Gasteiger partial charge is 0.220 e. The first-order valence-corrected chi connectivity index (χ1v) is 9.27. The van der Waals surface area contributed by atoms with Crippen LogP contribution in [0.4, 0.5) is 0 Å². The van der Waals surface area contributed by atoms with Gasteiger partial charge in [-0.3, -0.25) is 14.5 Å². The van der Waals surface area contributed by atoms with Crippen molar-refractivity contribution < 1.29 is 9.59 Å². The summed E-state index contributed by atoms with van der Waals surface area (Å²) in [6.07, 6.45) is 0.451. The number of amides is 1. The third-order valence-electron chi connectivity index (χ3n) is 4.49. The molecule has 4 heteroatoms. The number of ketones is 1. The number of rotatable bonds is 10. The highest BCUT2D eigenvalue weighted by atomic mass is 16.2. The van der Waals surface area contributed by atoms with Crippen LogP contribution in [0.3, 0.4) is 0 Å². The van der Waals surface area contributed by atoms with Gasteiger partial charge >= 0.3 is 0 Å². The van der Waals surface area contributed by atoms with Gasteiger partial charge in [-0.15, -0.1) is 0 Å². The van der Waals surface area contributed by atoms with E-state index in [0.717, 1.165) is 25.2 Å². The number of carbonyl (C=O) groups excluding carboxylic acids is 2. The number of hydrogen-bond acceptors (Lipinski definition) is 3. The Kier molecular flexibility index (Phi) is 8.03. The zero-order valence-corrected chi connectivity index (χ0v) is 15.7. The van der Waals surface area contributed by atoms with Gasteiger partial charge in [0.1, 0.15) is 0 Å². The molecule has 0 saturated heterocycles. The van der Waals surface area contributed by atoms with Crippen molar-refractivity contribution in [3.05, 3.63) is 71.3 Å². The average Bonchev–Trinajstić information content (AvgIpc) is 2.70. The molecule has 0 aliphatic carbocycles. The van der Waals surface area contributed by atoms with E-state index in [2.05, 4.69) is 36.2 Å². The SMILES string of the molecule is CCN(CC)Cc1ccc(CNC(=O)CCC(=O)c2ccccc2)cc1. The Hall–Kier alpha value is -2.46. The van der Waals surface area contributed by atoms with Gasteiger partial charge in [0, 0.05) is 31.5 Å². The van der Waals surface area contributed by atoms with Crippen LogP contribution < -0.4 is 5.32 Å². The highest BCUT2D eigenvalue weighted by Gasteiger charge is 2.09. The molecule has 0 unspecified atom stereocenters. The first-order valence-electron chi connectivity index (χ1n) is 9.27. The number of hydrogen-bond donors (Lipinski definition) is 1. The molecule has 138 valence electrons. The number of benzene rings is 2. The summed E-state index contributed by atoms with van der Waals surface area (Å²) in [5.41, 5.74) is 3.00. The Labute approximate surface area is 156 Å². The lowest BCUT2D eigenvalue weighted by Crippen LogP contribution is -2.23. The summed E-state index contributed by atoms with van der Waals surface area (Å²) >= 11 is 0. The fourth-order valence-corrected chi connectivity index (χ4v) is 2.75. The maximum Gasteiger partial charge on any atom is 0.220 e. The Morgan fingerprint density at radius 2 is 1.46 bits per heavy atom. The number of Topliss-reactive ketones (excluding diaryl/α,β-unsaturated/α-hetero) is 1. The number of nitrogens with one attached hydrogen (secondary N) is 1. The molecule has 1 amide bonds. The van der Waals surface area contributed by atoms with Gasteiger partial charge in [0.15, 0.2) is 5.78 Å². The van der Waals surface area contributed by atoms with Crippen molar-refractivity contribution >= 4 is 11.7 Å². The van der Waals surface area contributed by atoms with E-state index in [0.29, 0.717) is 12.1 Å². The van der Waals surface area contributed by atoms with Gasteiger partial charge in [-0.2, -0.15) is 0 Å². The molecule has 0 aliphatic heterocycles. The van der Waals surface area contributed by atoms with E-state index in [1.807, 2.05) is 30.3 Å². The molecule has 0 aromatic heterocycles. The van der Waals surface area contributed by atoms with E-state index in [1.54, 1.807) is 12.1 Å². The van der Waals surface area contributed by atoms with Gasteiger partial charge in [-0.25, -0.2) is 0 Å². The highest BCUT2D eigenvalue weighted by Crippen LogP contribution is 2.08. The van der Waals surface area contributed by atoms with Crippen LogP contribution in [0.25, 0.3) is 0 Å². The molecule has 0 atom stereocenters. The fraction of sp³-hybridized carbons (Fsp3) is 0.364. The van der Waals surface area contributed by atoms with E-state index in [1.165, 1.54) is 5.56 Å². The summed E-state index contributed by atoms with van der Waals surface area (Å²) in [5, 5.41) is 2.89. The zero-order chi connectivity index (χ0) is 18.8. The quantitative estimate of drug-likeness (QED) is 0.662. The van der Waals surface area contributed by atoms with E-state index < -0.39 is 0 Å². The molecule has 2 rings (SSSR count). The van der Waals surface area contributed by atoms with Crippen LogP contribution in [0.5, 0.6) is 0 Å². The molecule has 0 fully saturated rings. The minimum Gasteiger partial charge on any atom is -0.352 e. The first kappa shape index (κ1) is 19.9. The van der Waals surface area contributed by atoms with Crippen LogP contribution in [0, 0.1) is 0 Å². The summed E-state index contributed by atoms with van der Waals surface area (Å²) in [6.45, 7) is 7.84. The lowest BCUT2D eigenvalue weighted by atomic mass is 10.1. The van der Waals surface area contributed by atoms with Crippen LogP contribution in [0.2, 0.25) is 0 Å². The standard InChI is InChI=1S/C22H28N2O2/c1-3-24(4-2)17-19-12-10-18(11-13-19)16-23-22(26)15-14-21(25)20-8-6-5-7-9-20/h5-13H,3-4,14-17H2,1-2H3,(H,23,26). The molecular weight excluding hydrogens is 324 g/mol. The van der Waals surface area contributed by atoms with Crippen molar-refractivity contribution in [3.63, 3.8) is 0 Å². The highest BCUT2D eigenvalue weighted by molar-refractivity contribution is 5.97. The number of nitrogens with zero attached hydrogens (tertiary/aromatic N) is 1. The van der Waals surface area contributed by atoms with E-state index in [4.69, 9.17) is 0 Å². The van der Waals surface area contributed by atoms with E-state index in [9.17, 15) is 9.59 Å². The van der Waals surface area contributed by atoms with Crippen molar-refractivity contribution in [2.75, 3.05) is 13.1 Å². The monoisotopic (exact) mass is 352 g/mol. The fourth-order valence-electron chi connectivity index (χ4n) is 2.75. The van der Waals surface area contributed by atoms with Crippen molar-refractivity contribution in [1.29, 1.82) is 0 Å². The van der Waals surface area contributed by atoms with Crippen molar-refractivity contribution in [2.24, 2.45) is 0 Å². The Morgan fingerprint density at radius 3 is 2.08 bits per heavy atom. The lowest BCUT2D eigenvalue weighted by molar-refractivity contribution is -0.121. The van der Waals surface area contributed by atoms with Gasteiger partial charge in [0.05, 0.1) is 0 Å². The van der Waals surface area contributed by atoms with Crippen LogP contribution in [0.15, 0.2) is 54.6 Å². The molecule has 0 saturated carbocycles. The van der Waals surface area contributed by atoms with Gasteiger partial charge in [0.25, 0.3) is 0 Å². The number of carbonyl (C=O) groups is 2. The summed E-state index contributed by atoms with van der Waals surface area (Å²) in [6, 6.07) is 17.4. The molecule has 0 bridgehead atoms. The second-order valence-electron chi connectivity index (χ2n) is 6.34. The third-order valence-corrected chi connectivity index (χ3v) is 4.49. The second-order valence-corrected chi connectivity index (χ2v) is 6.34. The summed E-state index contributed by atoms with van der Waals surface area (Å²) in [5.74, 6) is -0.0944. The molecular formula is C22H28N2O2. The van der Waals surface area contributed by atoms with Gasteiger partial charge in [0.2, 0.25) is 5.91 Å². The summed E-state index contributed by atoms with van der Waals surface area (Å²) < 4.78 is 0. The minimum absolute atomic E-state index is 0.00139. The summed E-state index contributed by atoms with van der Waals surface area (Å²) in [7, 11) is 0. The second kappa shape index (κ2) is 10.5. The molecule has 1 N–H and O–H groups in total. The Morgan fingerprint density at radius 1 is 0.846 bits per heavy atom. The topological polar surface area (TPSA) is 49.4 Å². The molecule has 4 nitrogen and oxygen atoms in total. The van der Waals surface area contributed by atoms with Crippen molar-refractivity contribution in [3.8, 4) is 0 Å². The van der Waals surface area contributed by atoms with Gasteiger partial charge in [-0.1, -0.05) is 68.4 Å². The van der Waals surface area contributed by atoms with Crippen molar-refractivity contribution in [1.82, 2.24) is 10.2 Å². The minimum atomic E-state index is -0.0958. The first-order chi connectivity index (χ1) is 12.6. The molecule has 26 heavy (non-hydrogen) atoms. The van der Waals surface area contributed by atoms with Crippen LogP contribution >= 0.6 is 0 Å². The van der Waals surface area contributed by atoms with Gasteiger partial charge < -0.3 is 5.32 Å².